The van der Waals surface area contributed by atoms with Gasteiger partial charge < -0.3 is 4.90 Å². The fraction of sp³-hybridized carbons (Fsp3) is 0.200. The maximum atomic E-state index is 2.22. The Morgan fingerprint density at radius 3 is 2.00 bits per heavy atom. The number of rotatable bonds is 2. The number of nitrogens with zero attached hydrogens (tertiary/aromatic N) is 1. The van der Waals surface area contributed by atoms with E-state index in [1.165, 1.54) is 28.6 Å². The highest BCUT2D eigenvalue weighted by atomic mass is 15.1. The molecule has 0 fully saturated rings. The van der Waals surface area contributed by atoms with Crippen molar-refractivity contribution in [2.75, 3.05) is 11.9 Å². The molecule has 0 aliphatic carbocycles. The van der Waals surface area contributed by atoms with Gasteiger partial charge in [-0.05, 0) is 23.6 Å². The smallest absolute Gasteiger partial charge is 0.0487 e. The Morgan fingerprint density at radius 1 is 0.714 bits per heavy atom. The quantitative estimate of drug-likeness (QED) is 0.553. The van der Waals surface area contributed by atoms with E-state index in [-0.39, 0.29) is 0 Å². The van der Waals surface area contributed by atoms with Gasteiger partial charge in [-0.15, -0.1) is 0 Å². The van der Waals surface area contributed by atoms with Crippen molar-refractivity contribution in [2.45, 2.75) is 20.3 Å². The summed E-state index contributed by atoms with van der Waals surface area (Å²) in [5.74, 6) is 0. The van der Waals surface area contributed by atoms with Crippen molar-refractivity contribution in [3.05, 3.63) is 72.8 Å². The van der Waals surface area contributed by atoms with Crippen LogP contribution in [0.15, 0.2) is 72.8 Å². The zero-order valence-electron chi connectivity index (χ0n) is 13.1. The van der Waals surface area contributed by atoms with E-state index in [0.717, 1.165) is 0 Å². The Morgan fingerprint density at radius 2 is 1.29 bits per heavy atom. The van der Waals surface area contributed by atoms with Crippen LogP contribution in [-0.2, 0) is 0 Å². The molecular weight excluding hydrogens is 254 g/mol. The predicted octanol–water partition coefficient (Wildman–Crippen LogP) is 6.02. The maximum Gasteiger partial charge on any atom is 0.0487 e. The first-order valence-corrected chi connectivity index (χ1v) is 7.54. The van der Waals surface area contributed by atoms with Gasteiger partial charge >= 0.3 is 0 Å². The van der Waals surface area contributed by atoms with Crippen molar-refractivity contribution in [1.82, 2.24) is 0 Å². The molecule has 1 heteroatoms. The van der Waals surface area contributed by atoms with Crippen molar-refractivity contribution in [1.29, 1.82) is 0 Å². The minimum Gasteiger partial charge on any atom is -0.344 e. The van der Waals surface area contributed by atoms with Gasteiger partial charge in [0.05, 0.1) is 0 Å². The van der Waals surface area contributed by atoms with Crippen molar-refractivity contribution in [3.8, 4) is 0 Å². The molecule has 0 unspecified atom stereocenters. The second kappa shape index (κ2) is 7.49. The van der Waals surface area contributed by atoms with E-state index in [1.54, 1.807) is 0 Å². The molecule has 3 aromatic carbocycles. The second-order valence-corrected chi connectivity index (χ2v) is 5.10. The highest BCUT2D eigenvalue weighted by molar-refractivity contribution is 5.95. The highest BCUT2D eigenvalue weighted by Gasteiger charge is 2.06. The molecule has 0 heterocycles. The number of hydrogen-bond donors (Lipinski definition) is 0. The minimum atomic E-state index is 1.20. The molecule has 0 saturated heterocycles. The molecule has 3 aromatic rings. The standard InChI is InChI=1S/C17H15N.C3H8/c1-18(15-10-3-2-4-11-15)17-13-7-9-14-8-5-6-12-16(14)17;1-3-2/h2-13H,1H3;3H2,1-2H3. The SMILES string of the molecule is CCC.CN(c1ccccc1)c1cccc2ccccc12. The summed E-state index contributed by atoms with van der Waals surface area (Å²) in [7, 11) is 2.11. The van der Waals surface area contributed by atoms with Gasteiger partial charge in [-0.3, -0.25) is 0 Å². The minimum absolute atomic E-state index is 1.20. The zero-order valence-corrected chi connectivity index (χ0v) is 13.1. The molecule has 21 heavy (non-hydrogen) atoms. The number of benzene rings is 3. The van der Waals surface area contributed by atoms with Crippen LogP contribution in [0, 0.1) is 0 Å². The largest absolute Gasteiger partial charge is 0.344 e. The number of para-hydroxylation sites is 1. The average Bonchev–Trinajstić information content (AvgIpc) is 2.55. The number of fused-ring (bicyclic) bond motifs is 1. The first-order valence-electron chi connectivity index (χ1n) is 7.54. The van der Waals surface area contributed by atoms with E-state index in [1.807, 2.05) is 6.07 Å². The van der Waals surface area contributed by atoms with Crippen LogP contribution in [0.25, 0.3) is 10.8 Å². The molecule has 0 saturated carbocycles. The Balaban J connectivity index is 0.000000497. The molecule has 0 bridgehead atoms. The van der Waals surface area contributed by atoms with E-state index in [2.05, 4.69) is 92.5 Å². The lowest BCUT2D eigenvalue weighted by Crippen LogP contribution is -2.09. The predicted molar refractivity (Wildman–Crippen MR) is 94.4 cm³/mol. The topological polar surface area (TPSA) is 3.24 Å². The molecule has 0 spiro atoms. The molecule has 0 N–H and O–H groups in total. The monoisotopic (exact) mass is 277 g/mol. The van der Waals surface area contributed by atoms with E-state index in [4.69, 9.17) is 0 Å². The van der Waals surface area contributed by atoms with E-state index < -0.39 is 0 Å². The van der Waals surface area contributed by atoms with Gasteiger partial charge in [0, 0.05) is 23.8 Å². The molecule has 0 atom stereocenters. The second-order valence-electron chi connectivity index (χ2n) is 5.10. The van der Waals surface area contributed by atoms with Gasteiger partial charge in [-0.1, -0.05) is 74.9 Å². The van der Waals surface area contributed by atoms with Crippen molar-refractivity contribution >= 4 is 22.1 Å². The van der Waals surface area contributed by atoms with Crippen LogP contribution in [0.2, 0.25) is 0 Å². The zero-order chi connectivity index (χ0) is 15.1. The molecule has 108 valence electrons. The normalized spacial score (nSPS) is 9.86. The number of anilines is 2. The fourth-order valence-electron chi connectivity index (χ4n) is 2.29. The Kier molecular flexibility index (Phi) is 5.39. The molecule has 0 aliphatic rings. The first-order chi connectivity index (χ1) is 10.3. The third-order valence-corrected chi connectivity index (χ3v) is 3.27. The third kappa shape index (κ3) is 3.63. The van der Waals surface area contributed by atoms with Gasteiger partial charge in [0.25, 0.3) is 0 Å². The van der Waals surface area contributed by atoms with Gasteiger partial charge in [-0.25, -0.2) is 0 Å². The van der Waals surface area contributed by atoms with Crippen molar-refractivity contribution in [2.24, 2.45) is 0 Å². The summed E-state index contributed by atoms with van der Waals surface area (Å²) in [6, 6.07) is 25.3. The summed E-state index contributed by atoms with van der Waals surface area (Å²) in [6.45, 7) is 4.25. The molecule has 1 nitrogen and oxygen atoms in total. The lowest BCUT2D eigenvalue weighted by Gasteiger charge is -2.21. The lowest BCUT2D eigenvalue weighted by molar-refractivity contribution is 1.09. The summed E-state index contributed by atoms with van der Waals surface area (Å²) in [6.07, 6.45) is 1.25. The Hall–Kier alpha value is -2.28. The third-order valence-electron chi connectivity index (χ3n) is 3.27. The lowest BCUT2D eigenvalue weighted by atomic mass is 10.1. The van der Waals surface area contributed by atoms with E-state index in [9.17, 15) is 0 Å². The molecule has 0 radical (unpaired) electrons. The van der Waals surface area contributed by atoms with Crippen LogP contribution in [0.3, 0.4) is 0 Å². The van der Waals surface area contributed by atoms with Crippen LogP contribution < -0.4 is 4.90 Å². The molecule has 3 rings (SSSR count). The Labute approximate surface area is 127 Å². The van der Waals surface area contributed by atoms with Crippen LogP contribution in [0.5, 0.6) is 0 Å². The molecule has 0 aliphatic heterocycles. The summed E-state index contributed by atoms with van der Waals surface area (Å²) in [5.41, 5.74) is 2.44. The molecular formula is C20H23N. The van der Waals surface area contributed by atoms with Crippen molar-refractivity contribution in [3.63, 3.8) is 0 Å². The van der Waals surface area contributed by atoms with Crippen LogP contribution in [0.4, 0.5) is 11.4 Å². The molecule has 0 amide bonds. The van der Waals surface area contributed by atoms with E-state index >= 15 is 0 Å². The van der Waals surface area contributed by atoms with Crippen molar-refractivity contribution < 1.29 is 0 Å². The van der Waals surface area contributed by atoms with Crippen LogP contribution in [0.1, 0.15) is 20.3 Å². The summed E-state index contributed by atoms with van der Waals surface area (Å²) >= 11 is 0. The number of hydrogen-bond acceptors (Lipinski definition) is 1. The molecule has 0 aromatic heterocycles. The van der Waals surface area contributed by atoms with Gasteiger partial charge in [-0.2, -0.15) is 0 Å². The summed E-state index contributed by atoms with van der Waals surface area (Å²) in [5, 5.41) is 2.56. The highest BCUT2D eigenvalue weighted by Crippen LogP contribution is 2.30. The van der Waals surface area contributed by atoms with Crippen LogP contribution >= 0.6 is 0 Å². The Bertz CT molecular complexity index is 668. The average molecular weight is 277 g/mol. The summed E-state index contributed by atoms with van der Waals surface area (Å²) in [4.78, 5) is 2.22. The van der Waals surface area contributed by atoms with Gasteiger partial charge in [0.2, 0.25) is 0 Å². The maximum absolute atomic E-state index is 2.22. The van der Waals surface area contributed by atoms with E-state index in [0.29, 0.717) is 0 Å². The summed E-state index contributed by atoms with van der Waals surface area (Å²) < 4.78 is 0. The van der Waals surface area contributed by atoms with Gasteiger partial charge in [0.1, 0.15) is 0 Å². The van der Waals surface area contributed by atoms with Crippen LogP contribution in [-0.4, -0.2) is 7.05 Å². The van der Waals surface area contributed by atoms with Gasteiger partial charge in [0.15, 0.2) is 0 Å². The first kappa shape index (κ1) is 15.1. The fourth-order valence-corrected chi connectivity index (χ4v) is 2.29.